The number of fused-ring (bicyclic) bond motifs is 1. The van der Waals surface area contributed by atoms with E-state index in [2.05, 4.69) is 18.9 Å². The van der Waals surface area contributed by atoms with Gasteiger partial charge < -0.3 is 0 Å². The van der Waals surface area contributed by atoms with Gasteiger partial charge in [-0.25, -0.2) is 9.48 Å². The maximum Gasteiger partial charge on any atom is 0.350 e. The molecule has 1 aliphatic rings. The first-order valence-electron chi connectivity index (χ1n) is 5.77. The van der Waals surface area contributed by atoms with Crippen molar-refractivity contribution < 1.29 is 0 Å². The first-order valence-corrected chi connectivity index (χ1v) is 5.77. The highest BCUT2D eigenvalue weighted by molar-refractivity contribution is 5.41. The van der Waals surface area contributed by atoms with Gasteiger partial charge in [0.2, 0.25) is 0 Å². The Labute approximate surface area is 93.5 Å². The van der Waals surface area contributed by atoms with Crippen LogP contribution in [0.25, 0.3) is 5.65 Å². The highest BCUT2D eigenvalue weighted by atomic mass is 16.2. The summed E-state index contributed by atoms with van der Waals surface area (Å²) in [6, 6.07) is 4.35. The van der Waals surface area contributed by atoms with Crippen LogP contribution < -0.4 is 5.69 Å². The van der Waals surface area contributed by atoms with E-state index in [1.54, 1.807) is 9.08 Å². The summed E-state index contributed by atoms with van der Waals surface area (Å²) < 4.78 is 3.25. The Bertz CT molecular complexity index is 590. The van der Waals surface area contributed by atoms with Gasteiger partial charge in [0.15, 0.2) is 5.65 Å². The molecule has 2 aromatic rings. The molecule has 84 valence electrons. The van der Waals surface area contributed by atoms with Crippen molar-refractivity contribution in [2.75, 3.05) is 0 Å². The van der Waals surface area contributed by atoms with E-state index in [1.165, 1.54) is 5.56 Å². The van der Waals surface area contributed by atoms with Gasteiger partial charge in [-0.2, -0.15) is 0 Å². The Hall–Kier alpha value is -1.58. The lowest BCUT2D eigenvalue weighted by atomic mass is 10.1. The van der Waals surface area contributed by atoms with Gasteiger partial charge >= 0.3 is 5.69 Å². The van der Waals surface area contributed by atoms with Gasteiger partial charge in [0.25, 0.3) is 0 Å². The van der Waals surface area contributed by atoms with Crippen LogP contribution in [0.5, 0.6) is 0 Å². The van der Waals surface area contributed by atoms with Crippen molar-refractivity contribution in [3.63, 3.8) is 0 Å². The normalized spacial score (nSPS) is 16.2. The Morgan fingerprint density at radius 3 is 2.81 bits per heavy atom. The topological polar surface area (TPSA) is 39.3 Å². The second-order valence-corrected chi connectivity index (χ2v) is 4.80. The molecule has 0 N–H and O–H groups in total. The fourth-order valence-corrected chi connectivity index (χ4v) is 1.92. The molecular formula is C12H15N3O. The second-order valence-electron chi connectivity index (χ2n) is 4.80. The maximum absolute atomic E-state index is 12.0. The van der Waals surface area contributed by atoms with Gasteiger partial charge in [0, 0.05) is 6.20 Å². The SMILES string of the molecule is CC(C)c1ccn2c(=O)n(C3CC3)nc2c1. The molecule has 4 heteroatoms. The molecule has 0 aromatic carbocycles. The Morgan fingerprint density at radius 1 is 1.44 bits per heavy atom. The van der Waals surface area contributed by atoms with Crippen molar-refractivity contribution in [1.29, 1.82) is 0 Å². The van der Waals surface area contributed by atoms with Crippen molar-refractivity contribution in [3.8, 4) is 0 Å². The minimum Gasteiger partial charge on any atom is -0.250 e. The zero-order valence-corrected chi connectivity index (χ0v) is 9.55. The smallest absolute Gasteiger partial charge is 0.250 e. The van der Waals surface area contributed by atoms with Crippen LogP contribution in [0, 0.1) is 0 Å². The summed E-state index contributed by atoms with van der Waals surface area (Å²) in [5.74, 6) is 0.464. The van der Waals surface area contributed by atoms with Crippen molar-refractivity contribution in [3.05, 3.63) is 34.4 Å². The Balaban J connectivity index is 2.21. The molecule has 1 saturated carbocycles. The molecule has 2 aromatic heterocycles. The van der Waals surface area contributed by atoms with Gasteiger partial charge in [0.1, 0.15) is 0 Å². The van der Waals surface area contributed by atoms with Crippen LogP contribution in [0.4, 0.5) is 0 Å². The molecule has 1 aliphatic carbocycles. The van der Waals surface area contributed by atoms with Crippen molar-refractivity contribution in [2.24, 2.45) is 0 Å². The van der Waals surface area contributed by atoms with Gasteiger partial charge in [-0.1, -0.05) is 13.8 Å². The number of hydrogen-bond donors (Lipinski definition) is 0. The predicted molar refractivity (Wildman–Crippen MR) is 61.8 cm³/mol. The van der Waals surface area contributed by atoms with Gasteiger partial charge in [-0.3, -0.25) is 4.40 Å². The molecule has 0 unspecified atom stereocenters. The lowest BCUT2D eigenvalue weighted by Gasteiger charge is -2.03. The average Bonchev–Trinajstić information content (AvgIpc) is 3.04. The molecule has 2 heterocycles. The Kier molecular flexibility index (Phi) is 1.93. The molecule has 0 spiro atoms. The van der Waals surface area contributed by atoms with Crippen LogP contribution in [0.1, 0.15) is 44.2 Å². The molecular weight excluding hydrogens is 202 g/mol. The summed E-state index contributed by atoms with van der Waals surface area (Å²) in [4.78, 5) is 12.0. The third kappa shape index (κ3) is 1.37. The first kappa shape index (κ1) is 9.63. The van der Waals surface area contributed by atoms with Crippen molar-refractivity contribution in [2.45, 2.75) is 38.6 Å². The summed E-state index contributed by atoms with van der Waals surface area (Å²) in [6.45, 7) is 4.28. The lowest BCUT2D eigenvalue weighted by molar-refractivity contribution is 0.616. The fraction of sp³-hybridized carbons (Fsp3) is 0.500. The molecule has 3 rings (SSSR count). The predicted octanol–water partition coefficient (Wildman–Crippen LogP) is 1.95. The number of hydrogen-bond acceptors (Lipinski definition) is 2. The number of pyridine rings is 1. The van der Waals surface area contributed by atoms with E-state index in [0.29, 0.717) is 12.0 Å². The van der Waals surface area contributed by atoms with Crippen LogP contribution in [-0.4, -0.2) is 14.2 Å². The molecule has 0 radical (unpaired) electrons. The highest BCUT2D eigenvalue weighted by Gasteiger charge is 2.27. The summed E-state index contributed by atoms with van der Waals surface area (Å²) >= 11 is 0. The molecule has 0 bridgehead atoms. The average molecular weight is 217 g/mol. The zero-order chi connectivity index (χ0) is 11.3. The molecule has 0 atom stereocenters. The standard InChI is InChI=1S/C12H15N3O/c1-8(2)9-5-6-14-11(7-9)13-15(12(14)16)10-3-4-10/h5-8,10H,3-4H2,1-2H3. The van der Waals surface area contributed by atoms with Gasteiger partial charge in [-0.05, 0) is 36.5 Å². The quantitative estimate of drug-likeness (QED) is 0.771. The maximum atomic E-state index is 12.0. The summed E-state index contributed by atoms with van der Waals surface area (Å²) in [7, 11) is 0. The van der Waals surface area contributed by atoms with Gasteiger partial charge in [-0.15, -0.1) is 5.10 Å². The number of rotatable bonds is 2. The third-order valence-corrected chi connectivity index (χ3v) is 3.13. The van der Waals surface area contributed by atoms with Crippen LogP contribution in [-0.2, 0) is 0 Å². The van der Waals surface area contributed by atoms with Crippen LogP contribution in [0.2, 0.25) is 0 Å². The van der Waals surface area contributed by atoms with E-state index in [9.17, 15) is 4.79 Å². The van der Waals surface area contributed by atoms with E-state index < -0.39 is 0 Å². The Morgan fingerprint density at radius 2 is 2.19 bits per heavy atom. The fourth-order valence-electron chi connectivity index (χ4n) is 1.92. The third-order valence-electron chi connectivity index (χ3n) is 3.13. The molecule has 0 aliphatic heterocycles. The largest absolute Gasteiger partial charge is 0.350 e. The van der Waals surface area contributed by atoms with E-state index in [1.807, 2.05) is 18.3 Å². The molecule has 0 saturated heterocycles. The van der Waals surface area contributed by atoms with Crippen molar-refractivity contribution in [1.82, 2.24) is 14.2 Å². The summed E-state index contributed by atoms with van der Waals surface area (Å²) in [6.07, 6.45) is 4.00. The van der Waals surface area contributed by atoms with Crippen molar-refractivity contribution >= 4 is 5.65 Å². The number of nitrogens with zero attached hydrogens (tertiary/aromatic N) is 3. The molecule has 1 fully saturated rings. The first-order chi connectivity index (χ1) is 7.66. The second kappa shape index (κ2) is 3.20. The van der Waals surface area contributed by atoms with E-state index >= 15 is 0 Å². The van der Waals surface area contributed by atoms with E-state index in [-0.39, 0.29) is 5.69 Å². The summed E-state index contributed by atoms with van der Waals surface area (Å²) in [5, 5.41) is 4.38. The monoisotopic (exact) mass is 217 g/mol. The van der Waals surface area contributed by atoms with Crippen LogP contribution >= 0.6 is 0 Å². The minimum absolute atomic E-state index is 0.00666. The van der Waals surface area contributed by atoms with Gasteiger partial charge in [0.05, 0.1) is 6.04 Å². The summed E-state index contributed by atoms with van der Waals surface area (Å²) in [5.41, 5.74) is 1.98. The van der Waals surface area contributed by atoms with Crippen LogP contribution in [0.15, 0.2) is 23.1 Å². The molecule has 16 heavy (non-hydrogen) atoms. The highest BCUT2D eigenvalue weighted by Crippen LogP contribution is 2.32. The van der Waals surface area contributed by atoms with E-state index in [0.717, 1.165) is 18.5 Å². The van der Waals surface area contributed by atoms with Crippen LogP contribution in [0.3, 0.4) is 0 Å². The zero-order valence-electron chi connectivity index (χ0n) is 9.55. The molecule has 4 nitrogen and oxygen atoms in total. The minimum atomic E-state index is -0.00666. The van der Waals surface area contributed by atoms with E-state index in [4.69, 9.17) is 0 Å². The molecule has 0 amide bonds. The lowest BCUT2D eigenvalue weighted by Crippen LogP contribution is -2.19. The number of aromatic nitrogens is 3.